The predicted octanol–water partition coefficient (Wildman–Crippen LogP) is 0.232. The standard InChI is InChI=1S/C5H5BN.CHO.2CH3.Re/c6-5-3-1-2-4-7-5;1-2;;;/h1-4,6H;1H;2*1H3;/q;3*-1;. The van der Waals surface area contributed by atoms with Gasteiger partial charge in [-0.05, 0) is 11.7 Å². The summed E-state index contributed by atoms with van der Waals surface area (Å²) in [5.41, 5.74) is 0.822. The Morgan fingerprint density at radius 3 is 1.92 bits per heavy atom. The van der Waals surface area contributed by atoms with E-state index in [0.717, 1.165) is 5.59 Å². The zero-order valence-electron chi connectivity index (χ0n) is 7.33. The number of pyridine rings is 1. The second-order valence-electron chi connectivity index (χ2n) is 1.32. The summed E-state index contributed by atoms with van der Waals surface area (Å²) in [4.78, 5) is 11.6. The van der Waals surface area contributed by atoms with Crippen molar-refractivity contribution < 1.29 is 25.2 Å². The van der Waals surface area contributed by atoms with Crippen molar-refractivity contribution in [3.8, 4) is 0 Å². The SMILES string of the molecule is [BH]c1ccccn1.[CH-]=O.[CH3-].[CH3-].[Re]. The molecule has 0 atom stereocenters. The topological polar surface area (TPSA) is 30.0 Å². The van der Waals surface area contributed by atoms with Gasteiger partial charge in [-0.2, -0.15) is 0 Å². The number of nitrogens with zero attached hydrogens (tertiary/aromatic N) is 1. The molecule has 0 N–H and O–H groups in total. The first-order valence-corrected chi connectivity index (χ1v) is 2.36. The van der Waals surface area contributed by atoms with Gasteiger partial charge in [0.05, 0.1) is 0 Å². The van der Waals surface area contributed by atoms with E-state index in [1.165, 1.54) is 0 Å². The van der Waals surface area contributed by atoms with Crippen LogP contribution in [0.4, 0.5) is 0 Å². The Morgan fingerprint density at radius 2 is 1.75 bits per heavy atom. The fraction of sp³-hybridized carbons (Fsp3) is 0. The fourth-order valence-corrected chi connectivity index (χ4v) is 0.398. The Labute approximate surface area is 89.9 Å². The molecule has 1 aromatic heterocycles. The van der Waals surface area contributed by atoms with Crippen LogP contribution in [0.5, 0.6) is 0 Å². The van der Waals surface area contributed by atoms with E-state index >= 15 is 0 Å². The minimum absolute atomic E-state index is 0. The summed E-state index contributed by atoms with van der Waals surface area (Å²) >= 11 is 0. The van der Waals surface area contributed by atoms with Gasteiger partial charge in [0.1, 0.15) is 0 Å². The monoisotopic (exact) mass is 336 g/mol. The molecular weight excluding hydrogens is 323 g/mol. The maximum Gasteiger partial charge on any atom is 0.155 e. The number of carbonyl (C=O) groups excluding carboxylic acids is 1. The van der Waals surface area contributed by atoms with Crippen LogP contribution in [0, 0.1) is 14.9 Å². The third-order valence-corrected chi connectivity index (χ3v) is 0.726. The van der Waals surface area contributed by atoms with Gasteiger partial charge in [-0.1, -0.05) is 12.1 Å². The summed E-state index contributed by atoms with van der Waals surface area (Å²) in [6, 6.07) is 5.64. The molecule has 0 spiro atoms. The van der Waals surface area contributed by atoms with Crippen molar-refractivity contribution in [2.45, 2.75) is 0 Å². The number of rotatable bonds is 0. The van der Waals surface area contributed by atoms with E-state index in [1.807, 2.05) is 18.2 Å². The van der Waals surface area contributed by atoms with Gasteiger partial charge in [0.15, 0.2) is 7.85 Å². The van der Waals surface area contributed by atoms with E-state index in [2.05, 4.69) is 19.6 Å². The second kappa shape index (κ2) is 16.9. The van der Waals surface area contributed by atoms with Crippen LogP contribution in [0.3, 0.4) is 0 Å². The van der Waals surface area contributed by atoms with Crippen molar-refractivity contribution in [3.63, 3.8) is 0 Å². The molecule has 2 nitrogen and oxygen atoms in total. The zero-order chi connectivity index (χ0) is 7.11. The summed E-state index contributed by atoms with van der Waals surface area (Å²) in [6.07, 6.45) is 1.72. The van der Waals surface area contributed by atoms with Crippen molar-refractivity contribution >= 4 is 20.2 Å². The number of aromatic nitrogens is 1. The molecule has 0 fully saturated rings. The fourth-order valence-electron chi connectivity index (χ4n) is 0.398. The van der Waals surface area contributed by atoms with Crippen LogP contribution in [0.1, 0.15) is 0 Å². The average molecular weight is 335 g/mol. The third kappa shape index (κ3) is 12.2. The molecular formula is C8H12BNORe-3. The number of hydrogen-bond acceptors (Lipinski definition) is 2. The molecule has 0 aliphatic heterocycles. The van der Waals surface area contributed by atoms with Crippen molar-refractivity contribution in [3.05, 3.63) is 39.2 Å². The molecule has 0 aliphatic rings. The van der Waals surface area contributed by atoms with Gasteiger partial charge in [0, 0.05) is 26.6 Å². The van der Waals surface area contributed by atoms with Crippen LogP contribution < -0.4 is 5.59 Å². The van der Waals surface area contributed by atoms with E-state index in [9.17, 15) is 0 Å². The van der Waals surface area contributed by atoms with Crippen molar-refractivity contribution in [1.29, 1.82) is 0 Å². The second-order valence-corrected chi connectivity index (χ2v) is 1.32. The molecule has 0 amide bonds. The first kappa shape index (κ1) is 22.6. The smallest absolute Gasteiger partial charge is 0.155 e. The Morgan fingerprint density at radius 1 is 1.25 bits per heavy atom. The molecule has 12 heavy (non-hydrogen) atoms. The summed E-state index contributed by atoms with van der Waals surface area (Å²) in [5, 5.41) is 0. The van der Waals surface area contributed by atoms with Gasteiger partial charge in [-0.25, -0.2) is 0 Å². The van der Waals surface area contributed by atoms with Crippen LogP contribution in [0.15, 0.2) is 24.4 Å². The molecule has 0 bridgehead atoms. The Hall–Kier alpha value is -0.453. The van der Waals surface area contributed by atoms with E-state index in [4.69, 9.17) is 4.79 Å². The van der Waals surface area contributed by atoms with Gasteiger partial charge in [-0.3, -0.25) is 11.8 Å². The van der Waals surface area contributed by atoms with Crippen molar-refractivity contribution in [2.24, 2.45) is 0 Å². The van der Waals surface area contributed by atoms with E-state index in [0.29, 0.717) is 0 Å². The molecule has 0 saturated carbocycles. The molecule has 1 heterocycles. The third-order valence-electron chi connectivity index (χ3n) is 0.726. The number of hydrogen-bond donors (Lipinski definition) is 0. The maximum absolute atomic E-state index is 7.75. The predicted molar refractivity (Wildman–Crippen MR) is 50.6 cm³/mol. The van der Waals surface area contributed by atoms with Crippen LogP contribution in [-0.2, 0) is 25.2 Å². The first-order chi connectivity index (χ1) is 4.39. The molecule has 68 valence electrons. The van der Waals surface area contributed by atoms with E-state index in [-0.39, 0.29) is 35.3 Å². The van der Waals surface area contributed by atoms with Gasteiger partial charge < -0.3 is 19.6 Å². The molecule has 1 rings (SSSR count). The van der Waals surface area contributed by atoms with Crippen LogP contribution in [0.25, 0.3) is 0 Å². The molecule has 0 saturated heterocycles. The molecule has 0 unspecified atom stereocenters. The van der Waals surface area contributed by atoms with Gasteiger partial charge in [0.25, 0.3) is 0 Å². The van der Waals surface area contributed by atoms with Crippen LogP contribution in [-0.4, -0.2) is 19.6 Å². The van der Waals surface area contributed by atoms with Crippen LogP contribution >= 0.6 is 0 Å². The van der Waals surface area contributed by atoms with Crippen molar-refractivity contribution in [1.82, 2.24) is 4.98 Å². The summed E-state index contributed by atoms with van der Waals surface area (Å²) < 4.78 is 0. The molecule has 2 radical (unpaired) electrons. The Balaban J connectivity index is -0.0000000600. The van der Waals surface area contributed by atoms with Gasteiger partial charge in [0.2, 0.25) is 0 Å². The Kier molecular flexibility index (Phi) is 31.7. The van der Waals surface area contributed by atoms with Crippen LogP contribution in [0.2, 0.25) is 0 Å². The molecule has 0 aliphatic carbocycles. The summed E-state index contributed by atoms with van der Waals surface area (Å²) in [6.45, 7) is 3.25. The van der Waals surface area contributed by atoms with Gasteiger partial charge in [-0.15, -0.1) is 0 Å². The van der Waals surface area contributed by atoms with Crippen molar-refractivity contribution in [2.75, 3.05) is 0 Å². The summed E-state index contributed by atoms with van der Waals surface area (Å²) in [5.74, 6) is 0. The maximum atomic E-state index is 7.75. The quantitative estimate of drug-likeness (QED) is 0.386. The zero-order valence-corrected chi connectivity index (χ0v) is 10.0. The van der Waals surface area contributed by atoms with E-state index < -0.39 is 0 Å². The average Bonchev–Trinajstić information content (AvgIpc) is 1.94. The normalized spacial score (nSPS) is 5.33. The minimum atomic E-state index is 0. The molecule has 1 aromatic rings. The Bertz CT molecular complexity index is 160. The molecule has 0 aromatic carbocycles. The summed E-state index contributed by atoms with van der Waals surface area (Å²) in [7, 11) is 3.61. The van der Waals surface area contributed by atoms with E-state index in [1.54, 1.807) is 6.20 Å². The van der Waals surface area contributed by atoms with Gasteiger partial charge >= 0.3 is 0 Å². The largest absolute Gasteiger partial charge is 0.545 e. The molecule has 4 heteroatoms. The first-order valence-electron chi connectivity index (χ1n) is 2.36. The minimum Gasteiger partial charge on any atom is -0.545 e.